The molecule has 0 aromatic rings. The second kappa shape index (κ2) is 7.13. The number of carbonyl (C=O) groups excluding carboxylic acids is 1. The molecule has 0 saturated heterocycles. The van der Waals surface area contributed by atoms with Crippen molar-refractivity contribution in [1.29, 1.82) is 0 Å². The molecule has 0 radical (unpaired) electrons. The summed E-state index contributed by atoms with van der Waals surface area (Å²) in [4.78, 5) is 11.4. The minimum atomic E-state index is -0.0390. The van der Waals surface area contributed by atoms with Crippen LogP contribution in [-0.4, -0.2) is 25.3 Å². The molecule has 0 aromatic heterocycles. The third-order valence-electron chi connectivity index (χ3n) is 4.40. The Bertz CT molecular complexity index is 248. The molecular weight excluding hydrogens is 228 g/mol. The van der Waals surface area contributed by atoms with Gasteiger partial charge in [-0.2, -0.15) is 0 Å². The van der Waals surface area contributed by atoms with E-state index in [1.165, 1.54) is 45.6 Å². The van der Waals surface area contributed by atoms with E-state index in [2.05, 4.69) is 0 Å². The zero-order valence-corrected chi connectivity index (χ0v) is 11.5. The average Bonchev–Trinajstić information content (AvgIpc) is 2.67. The first-order chi connectivity index (χ1) is 8.79. The maximum Gasteiger partial charge on any atom is 0.308 e. The minimum Gasteiger partial charge on any atom is -0.469 e. The molecular formula is C15H26O3. The molecule has 2 rings (SSSR count). The Hall–Kier alpha value is -0.570. The highest BCUT2D eigenvalue weighted by Gasteiger charge is 2.28. The van der Waals surface area contributed by atoms with Crippen LogP contribution < -0.4 is 0 Å². The second-order valence-electron chi connectivity index (χ2n) is 5.75. The molecule has 0 amide bonds. The lowest BCUT2D eigenvalue weighted by atomic mass is 9.87. The molecule has 0 N–H and O–H groups in total. The number of hydrogen-bond donors (Lipinski definition) is 0. The van der Waals surface area contributed by atoms with E-state index in [1.54, 1.807) is 0 Å². The van der Waals surface area contributed by atoms with Gasteiger partial charge in [-0.05, 0) is 38.5 Å². The van der Waals surface area contributed by atoms with Crippen LogP contribution in [-0.2, 0) is 14.3 Å². The van der Waals surface area contributed by atoms with Crippen molar-refractivity contribution in [3.63, 3.8) is 0 Å². The quantitative estimate of drug-likeness (QED) is 0.571. The van der Waals surface area contributed by atoms with Gasteiger partial charge in [0.25, 0.3) is 0 Å². The van der Waals surface area contributed by atoms with Gasteiger partial charge in [0.2, 0.25) is 0 Å². The van der Waals surface area contributed by atoms with Crippen molar-refractivity contribution in [3.8, 4) is 0 Å². The highest BCUT2D eigenvalue weighted by Crippen LogP contribution is 2.30. The van der Waals surface area contributed by atoms with Crippen LogP contribution in [0.2, 0.25) is 0 Å². The summed E-state index contributed by atoms with van der Waals surface area (Å²) in [6.45, 7) is 0. The molecule has 0 aromatic carbocycles. The molecule has 0 heterocycles. The Morgan fingerprint density at radius 1 is 0.833 bits per heavy atom. The lowest BCUT2D eigenvalue weighted by Crippen LogP contribution is -2.29. The molecule has 104 valence electrons. The summed E-state index contributed by atoms with van der Waals surface area (Å²) in [5, 5.41) is 0. The van der Waals surface area contributed by atoms with Gasteiger partial charge in [0.05, 0.1) is 25.2 Å². The van der Waals surface area contributed by atoms with Crippen LogP contribution in [0.4, 0.5) is 0 Å². The summed E-state index contributed by atoms with van der Waals surface area (Å²) in [5.74, 6) is 0.0758. The van der Waals surface area contributed by atoms with Crippen LogP contribution in [0.25, 0.3) is 0 Å². The molecule has 3 heteroatoms. The van der Waals surface area contributed by atoms with Gasteiger partial charge in [0.15, 0.2) is 0 Å². The fraction of sp³-hybridized carbons (Fsp3) is 0.933. The standard InChI is InChI=1S/C15H26O3/c1-17-15(16)12-8-10-14(11-9-12)18-13-6-4-2-3-5-7-13/h12-14H,2-11H2,1H3. The second-order valence-corrected chi connectivity index (χ2v) is 5.75. The van der Waals surface area contributed by atoms with Crippen molar-refractivity contribution in [1.82, 2.24) is 0 Å². The van der Waals surface area contributed by atoms with E-state index in [1.807, 2.05) is 0 Å². The Labute approximate surface area is 110 Å². The smallest absolute Gasteiger partial charge is 0.308 e. The molecule has 2 aliphatic carbocycles. The van der Waals surface area contributed by atoms with Crippen LogP contribution in [0.5, 0.6) is 0 Å². The van der Waals surface area contributed by atoms with Crippen molar-refractivity contribution >= 4 is 5.97 Å². The molecule has 18 heavy (non-hydrogen) atoms. The van der Waals surface area contributed by atoms with Crippen LogP contribution in [0.1, 0.15) is 64.2 Å². The number of esters is 1. The first kappa shape index (κ1) is 13.9. The van der Waals surface area contributed by atoms with Crippen LogP contribution in [0, 0.1) is 5.92 Å². The van der Waals surface area contributed by atoms with Crippen LogP contribution >= 0.6 is 0 Å². The molecule has 0 unspecified atom stereocenters. The van der Waals surface area contributed by atoms with Crippen molar-refractivity contribution < 1.29 is 14.3 Å². The van der Waals surface area contributed by atoms with Gasteiger partial charge in [0, 0.05) is 0 Å². The van der Waals surface area contributed by atoms with Gasteiger partial charge in [-0.25, -0.2) is 0 Å². The van der Waals surface area contributed by atoms with E-state index in [-0.39, 0.29) is 11.9 Å². The minimum absolute atomic E-state index is 0.0390. The molecule has 0 bridgehead atoms. The van der Waals surface area contributed by atoms with E-state index in [0.717, 1.165) is 25.7 Å². The summed E-state index contributed by atoms with van der Waals surface area (Å²) in [5.41, 5.74) is 0. The zero-order valence-electron chi connectivity index (χ0n) is 11.5. The summed E-state index contributed by atoms with van der Waals surface area (Å²) < 4.78 is 11.0. The number of hydrogen-bond acceptors (Lipinski definition) is 3. The van der Waals surface area contributed by atoms with E-state index in [4.69, 9.17) is 9.47 Å². The third kappa shape index (κ3) is 3.98. The highest BCUT2D eigenvalue weighted by molar-refractivity contribution is 5.72. The van der Waals surface area contributed by atoms with Gasteiger partial charge in [-0.15, -0.1) is 0 Å². The molecule has 2 saturated carbocycles. The molecule has 0 atom stereocenters. The van der Waals surface area contributed by atoms with E-state index in [9.17, 15) is 4.79 Å². The highest BCUT2D eigenvalue weighted by atomic mass is 16.5. The SMILES string of the molecule is COC(=O)C1CCC(OC2CCCCCC2)CC1. The van der Waals surface area contributed by atoms with Gasteiger partial charge in [-0.1, -0.05) is 25.7 Å². The van der Waals surface area contributed by atoms with E-state index < -0.39 is 0 Å². The predicted octanol–water partition coefficient (Wildman–Crippen LogP) is 3.46. The van der Waals surface area contributed by atoms with E-state index >= 15 is 0 Å². The molecule has 3 nitrogen and oxygen atoms in total. The maximum absolute atomic E-state index is 11.4. The summed E-state index contributed by atoms with van der Waals surface area (Å²) in [7, 11) is 1.48. The van der Waals surface area contributed by atoms with Crippen molar-refractivity contribution in [2.24, 2.45) is 5.92 Å². The number of rotatable bonds is 3. The Morgan fingerprint density at radius 3 is 1.94 bits per heavy atom. The lowest BCUT2D eigenvalue weighted by molar-refractivity contribution is -0.148. The van der Waals surface area contributed by atoms with E-state index in [0.29, 0.717) is 12.2 Å². The Morgan fingerprint density at radius 2 is 1.39 bits per heavy atom. The largest absolute Gasteiger partial charge is 0.469 e. The van der Waals surface area contributed by atoms with Gasteiger partial charge >= 0.3 is 5.97 Å². The fourth-order valence-corrected chi connectivity index (χ4v) is 3.25. The molecule has 0 spiro atoms. The van der Waals surface area contributed by atoms with Crippen molar-refractivity contribution in [2.75, 3.05) is 7.11 Å². The summed E-state index contributed by atoms with van der Waals surface area (Å²) in [6, 6.07) is 0. The monoisotopic (exact) mass is 254 g/mol. The fourth-order valence-electron chi connectivity index (χ4n) is 3.25. The number of ether oxygens (including phenoxy) is 2. The average molecular weight is 254 g/mol. The van der Waals surface area contributed by atoms with Crippen molar-refractivity contribution in [3.05, 3.63) is 0 Å². The normalized spacial score (nSPS) is 30.7. The predicted molar refractivity (Wildman–Crippen MR) is 70.3 cm³/mol. The topological polar surface area (TPSA) is 35.5 Å². The molecule has 0 aliphatic heterocycles. The Kier molecular flexibility index (Phi) is 5.48. The number of carbonyl (C=O) groups is 1. The number of methoxy groups -OCH3 is 1. The van der Waals surface area contributed by atoms with Crippen LogP contribution in [0.15, 0.2) is 0 Å². The maximum atomic E-state index is 11.4. The van der Waals surface area contributed by atoms with Crippen molar-refractivity contribution in [2.45, 2.75) is 76.4 Å². The zero-order chi connectivity index (χ0) is 12.8. The lowest BCUT2D eigenvalue weighted by Gasteiger charge is -2.30. The third-order valence-corrected chi connectivity index (χ3v) is 4.40. The first-order valence-corrected chi connectivity index (χ1v) is 7.53. The summed E-state index contributed by atoms with van der Waals surface area (Å²) in [6.07, 6.45) is 12.6. The Balaban J connectivity index is 1.71. The van der Waals surface area contributed by atoms with Gasteiger partial charge < -0.3 is 9.47 Å². The molecule has 2 aliphatic rings. The first-order valence-electron chi connectivity index (χ1n) is 7.53. The van der Waals surface area contributed by atoms with Gasteiger partial charge in [0.1, 0.15) is 0 Å². The van der Waals surface area contributed by atoms with Gasteiger partial charge in [-0.3, -0.25) is 4.79 Å². The van der Waals surface area contributed by atoms with Crippen LogP contribution in [0.3, 0.4) is 0 Å². The summed E-state index contributed by atoms with van der Waals surface area (Å²) >= 11 is 0. The molecule has 2 fully saturated rings.